The molecule has 5 nitrogen and oxygen atoms in total. The van der Waals surface area contributed by atoms with Crippen LogP contribution in [0.25, 0.3) is 0 Å². The molecule has 1 heterocycles. The Kier molecular flexibility index (Phi) is 4.51. The molecule has 1 aliphatic heterocycles. The monoisotopic (exact) mass is 317 g/mol. The van der Waals surface area contributed by atoms with Crippen LogP contribution in [0.3, 0.4) is 0 Å². The fraction of sp³-hybridized carbons (Fsp3) is 0.250. The molecule has 0 unspecified atom stereocenters. The predicted octanol–water partition coefficient (Wildman–Crippen LogP) is 2.27. The molecular weight excluding hydrogens is 307 g/mol. The van der Waals surface area contributed by atoms with Crippen LogP contribution < -0.4 is 10.1 Å². The van der Waals surface area contributed by atoms with Crippen LogP contribution in [0.4, 0.5) is 13.2 Å². The third-order valence-electron chi connectivity index (χ3n) is 2.43. The fourth-order valence-electron chi connectivity index (χ4n) is 1.51. The Labute approximate surface area is 122 Å². The molecule has 0 atom stereocenters. The Morgan fingerprint density at radius 3 is 2.71 bits per heavy atom. The second-order valence-electron chi connectivity index (χ2n) is 3.98. The van der Waals surface area contributed by atoms with E-state index in [1.807, 2.05) is 0 Å². The van der Waals surface area contributed by atoms with E-state index in [-0.39, 0.29) is 23.0 Å². The van der Waals surface area contributed by atoms with Gasteiger partial charge in [0, 0.05) is 0 Å². The van der Waals surface area contributed by atoms with Crippen LogP contribution in [0.15, 0.2) is 28.4 Å². The van der Waals surface area contributed by atoms with Gasteiger partial charge in [0.25, 0.3) is 0 Å². The van der Waals surface area contributed by atoms with E-state index in [1.165, 1.54) is 24.9 Å². The zero-order valence-electron chi connectivity index (χ0n) is 10.8. The molecule has 112 valence electrons. The number of halogens is 3. The number of rotatable bonds is 3. The normalized spacial score (nSPS) is 17.5. The largest absolute Gasteiger partial charge is 0.497 e. The average molecular weight is 317 g/mol. The molecule has 0 radical (unpaired) electrons. The zero-order chi connectivity index (χ0) is 15.5. The molecule has 1 aromatic carbocycles. The summed E-state index contributed by atoms with van der Waals surface area (Å²) in [5, 5.41) is 10.1. The Morgan fingerprint density at radius 2 is 2.14 bits per heavy atom. The predicted molar refractivity (Wildman–Crippen MR) is 73.6 cm³/mol. The SMILES string of the molecule is COc1cc(C=NN=C2NC(=O)CS2)cc(C(F)(F)F)c1. The van der Waals surface area contributed by atoms with Crippen molar-refractivity contribution < 1.29 is 22.7 Å². The van der Waals surface area contributed by atoms with E-state index >= 15 is 0 Å². The number of carbonyl (C=O) groups is 1. The maximum absolute atomic E-state index is 12.7. The van der Waals surface area contributed by atoms with Gasteiger partial charge in [0.2, 0.25) is 5.91 Å². The van der Waals surface area contributed by atoms with Gasteiger partial charge in [-0.3, -0.25) is 4.79 Å². The van der Waals surface area contributed by atoms with Crippen molar-refractivity contribution in [2.45, 2.75) is 6.18 Å². The maximum Gasteiger partial charge on any atom is 0.416 e. The molecule has 1 saturated heterocycles. The van der Waals surface area contributed by atoms with Crippen molar-refractivity contribution in [1.29, 1.82) is 0 Å². The van der Waals surface area contributed by atoms with E-state index in [1.54, 1.807) is 0 Å². The van der Waals surface area contributed by atoms with E-state index in [2.05, 4.69) is 15.5 Å². The minimum atomic E-state index is -4.47. The lowest BCUT2D eigenvalue weighted by molar-refractivity contribution is -0.137. The first-order valence-electron chi connectivity index (χ1n) is 5.68. The number of nitrogens with one attached hydrogen (secondary N) is 1. The number of alkyl halides is 3. The van der Waals surface area contributed by atoms with Crippen molar-refractivity contribution in [1.82, 2.24) is 5.32 Å². The highest BCUT2D eigenvalue weighted by Gasteiger charge is 2.31. The number of hydrogen-bond donors (Lipinski definition) is 1. The van der Waals surface area contributed by atoms with E-state index in [4.69, 9.17) is 4.74 Å². The first-order chi connectivity index (χ1) is 9.88. The van der Waals surface area contributed by atoms with Crippen molar-refractivity contribution in [2.75, 3.05) is 12.9 Å². The highest BCUT2D eigenvalue weighted by Crippen LogP contribution is 2.32. The van der Waals surface area contributed by atoms with Crippen molar-refractivity contribution in [3.8, 4) is 5.75 Å². The van der Waals surface area contributed by atoms with Crippen LogP contribution in [-0.2, 0) is 11.0 Å². The van der Waals surface area contributed by atoms with Crippen molar-refractivity contribution >= 4 is 29.1 Å². The van der Waals surface area contributed by atoms with Crippen LogP contribution in [0.2, 0.25) is 0 Å². The Bertz CT molecular complexity index is 614. The molecule has 1 fully saturated rings. The van der Waals surface area contributed by atoms with Crippen LogP contribution in [0.5, 0.6) is 5.75 Å². The highest BCUT2D eigenvalue weighted by atomic mass is 32.2. The summed E-state index contributed by atoms with van der Waals surface area (Å²) < 4.78 is 43.0. The molecule has 21 heavy (non-hydrogen) atoms. The number of hydrogen-bond acceptors (Lipinski definition) is 5. The summed E-state index contributed by atoms with van der Waals surface area (Å²) >= 11 is 1.17. The molecule has 0 spiro atoms. The maximum atomic E-state index is 12.7. The van der Waals surface area contributed by atoms with Gasteiger partial charge in [0.15, 0.2) is 5.17 Å². The van der Waals surface area contributed by atoms with E-state index in [0.717, 1.165) is 18.3 Å². The molecule has 1 aromatic rings. The standard InChI is InChI=1S/C12H10F3N3O2S/c1-20-9-3-7(2-8(4-9)12(13,14)15)5-16-18-11-17-10(19)6-21-11/h2-5H,6H2,1H3,(H,17,18,19). The van der Waals surface area contributed by atoms with Crippen molar-refractivity contribution in [3.63, 3.8) is 0 Å². The van der Waals surface area contributed by atoms with Crippen molar-refractivity contribution in [2.24, 2.45) is 10.2 Å². The van der Waals surface area contributed by atoms with Crippen LogP contribution in [0, 0.1) is 0 Å². The Balaban J connectivity index is 2.21. The summed E-state index contributed by atoms with van der Waals surface area (Å²) in [7, 11) is 1.28. The van der Waals surface area contributed by atoms with E-state index in [9.17, 15) is 18.0 Å². The number of amidine groups is 1. The molecule has 0 aromatic heterocycles. The fourth-order valence-corrected chi connectivity index (χ4v) is 2.14. The lowest BCUT2D eigenvalue weighted by Crippen LogP contribution is -2.19. The van der Waals surface area contributed by atoms with E-state index < -0.39 is 11.7 Å². The molecule has 9 heteroatoms. The van der Waals surface area contributed by atoms with E-state index in [0.29, 0.717) is 5.17 Å². The Morgan fingerprint density at radius 1 is 1.38 bits per heavy atom. The molecule has 0 aliphatic carbocycles. The quantitative estimate of drug-likeness (QED) is 0.687. The topological polar surface area (TPSA) is 63.1 Å². The van der Waals surface area contributed by atoms with Gasteiger partial charge in [-0.1, -0.05) is 11.8 Å². The highest BCUT2D eigenvalue weighted by molar-refractivity contribution is 8.15. The molecule has 0 bridgehead atoms. The molecule has 1 amide bonds. The number of thioether (sulfide) groups is 1. The Hall–Kier alpha value is -2.03. The van der Waals surface area contributed by atoms with Gasteiger partial charge in [0.1, 0.15) is 5.75 Å². The molecule has 1 aliphatic rings. The van der Waals surface area contributed by atoms with Gasteiger partial charge in [-0.2, -0.15) is 18.3 Å². The number of nitrogens with zero attached hydrogens (tertiary/aromatic N) is 2. The third kappa shape index (κ3) is 4.22. The number of benzene rings is 1. The zero-order valence-corrected chi connectivity index (χ0v) is 11.6. The molecule has 0 saturated carbocycles. The lowest BCUT2D eigenvalue weighted by atomic mass is 10.1. The molecule has 2 rings (SSSR count). The molecule has 1 N–H and O–H groups in total. The van der Waals surface area contributed by atoms with Gasteiger partial charge in [-0.05, 0) is 23.8 Å². The first kappa shape index (κ1) is 15.4. The lowest BCUT2D eigenvalue weighted by Gasteiger charge is -2.09. The minimum absolute atomic E-state index is 0.0717. The summed E-state index contributed by atoms with van der Waals surface area (Å²) in [6.45, 7) is 0. The number of methoxy groups -OCH3 is 1. The third-order valence-corrected chi connectivity index (χ3v) is 3.30. The summed E-state index contributed by atoms with van der Waals surface area (Å²) in [4.78, 5) is 10.9. The summed E-state index contributed by atoms with van der Waals surface area (Å²) in [5.41, 5.74) is -0.639. The summed E-state index contributed by atoms with van der Waals surface area (Å²) in [5.74, 6) is 0.142. The van der Waals surface area contributed by atoms with Crippen LogP contribution >= 0.6 is 11.8 Å². The summed E-state index contributed by atoms with van der Waals surface area (Å²) in [6.07, 6.45) is -3.31. The first-order valence-corrected chi connectivity index (χ1v) is 6.67. The van der Waals surface area contributed by atoms with Gasteiger partial charge >= 0.3 is 6.18 Å². The summed E-state index contributed by atoms with van der Waals surface area (Å²) in [6, 6.07) is 3.24. The minimum Gasteiger partial charge on any atom is -0.497 e. The van der Waals surface area contributed by atoms with Crippen LogP contribution in [-0.4, -0.2) is 30.2 Å². The van der Waals surface area contributed by atoms with Gasteiger partial charge < -0.3 is 10.1 Å². The van der Waals surface area contributed by atoms with Crippen LogP contribution in [0.1, 0.15) is 11.1 Å². The van der Waals surface area contributed by atoms with Gasteiger partial charge in [-0.25, -0.2) is 0 Å². The number of ether oxygens (including phenoxy) is 1. The number of carbonyl (C=O) groups excluding carboxylic acids is 1. The van der Waals surface area contributed by atoms with Gasteiger partial charge in [-0.15, -0.1) is 5.10 Å². The second kappa shape index (κ2) is 6.17. The van der Waals surface area contributed by atoms with Crippen molar-refractivity contribution in [3.05, 3.63) is 29.3 Å². The second-order valence-corrected chi connectivity index (χ2v) is 4.94. The molecular formula is C12H10F3N3O2S. The number of amides is 1. The smallest absolute Gasteiger partial charge is 0.416 e. The average Bonchev–Trinajstić information content (AvgIpc) is 2.83. The van der Waals surface area contributed by atoms with Gasteiger partial charge in [0.05, 0.1) is 24.6 Å².